The van der Waals surface area contributed by atoms with Crippen LogP contribution in [0.4, 0.5) is 0 Å². The Labute approximate surface area is 55.3 Å². The normalized spacial score (nSPS) is 4.17. The molecule has 0 unspecified atom stereocenters. The molecule has 0 atom stereocenters. The van der Waals surface area contributed by atoms with Crippen LogP contribution in [0.15, 0.2) is 12.2 Å². The number of allylic oxidation sites excluding steroid dienone is 1. The molecule has 0 aromatic carbocycles. The number of halogens is 1. The van der Waals surface area contributed by atoms with E-state index in [0.29, 0.717) is 0 Å². The van der Waals surface area contributed by atoms with Crippen molar-refractivity contribution in [3.63, 3.8) is 0 Å². The average molecular weight is 149 g/mol. The Morgan fingerprint density at radius 3 is 1.67 bits per heavy atom. The third-order valence-corrected chi connectivity index (χ3v) is 0. The Morgan fingerprint density at radius 2 is 1.67 bits per heavy atom. The summed E-state index contributed by atoms with van der Waals surface area (Å²) in [5, 5.41) is 0. The predicted molar refractivity (Wildman–Crippen MR) is 20.2 cm³/mol. The molecule has 0 heterocycles. The molecular weight excluding hydrogens is 142 g/mol. The van der Waals surface area contributed by atoms with Crippen molar-refractivity contribution < 1.29 is 28.9 Å². The minimum Gasteiger partial charge on any atom is -1.00 e. The number of rotatable bonds is 0. The van der Waals surface area contributed by atoms with Gasteiger partial charge in [0.25, 0.3) is 0 Å². The molecule has 0 bridgehead atoms. The van der Waals surface area contributed by atoms with Gasteiger partial charge in [-0.3, -0.25) is 0 Å². The summed E-state index contributed by atoms with van der Waals surface area (Å²) in [5.74, 6) is 0. The van der Waals surface area contributed by atoms with Crippen molar-refractivity contribution in [2.24, 2.45) is 0 Å². The molecule has 40 valence electrons. The number of hydrogen-bond donors (Lipinski definition) is 0. The molecule has 6 heavy (non-hydrogen) atoms. The van der Waals surface area contributed by atoms with Gasteiger partial charge < -0.3 is 12.4 Å². The van der Waals surface area contributed by atoms with Gasteiger partial charge in [-0.2, -0.15) is 0 Å². The van der Waals surface area contributed by atoms with Crippen LogP contribution >= 0.6 is 0 Å². The summed E-state index contributed by atoms with van der Waals surface area (Å²) in [4.78, 5) is 0. The first kappa shape index (κ1) is 16.2. The fourth-order valence-corrected chi connectivity index (χ4v) is 0. The van der Waals surface area contributed by atoms with Gasteiger partial charge in [0.2, 0.25) is 0 Å². The zero-order valence-electron chi connectivity index (χ0n) is 3.61. The molecule has 0 aliphatic carbocycles. The van der Waals surface area contributed by atoms with Crippen molar-refractivity contribution in [1.29, 1.82) is 0 Å². The van der Waals surface area contributed by atoms with Gasteiger partial charge in [-0.15, -0.1) is 0 Å². The second-order valence-corrected chi connectivity index (χ2v) is 0.957. The molecule has 0 amide bonds. The summed E-state index contributed by atoms with van der Waals surface area (Å²) in [5.41, 5.74) is 0.917. The van der Waals surface area contributed by atoms with Crippen LogP contribution in [0.2, 0.25) is 0 Å². The molecule has 0 aromatic heterocycles. The summed E-state index contributed by atoms with van der Waals surface area (Å²) in [6, 6.07) is 0. The summed E-state index contributed by atoms with van der Waals surface area (Å²) < 4.78 is 0. The van der Waals surface area contributed by atoms with Crippen molar-refractivity contribution in [2.75, 3.05) is 0 Å². The van der Waals surface area contributed by atoms with Crippen LogP contribution in [0.3, 0.4) is 0 Å². The second-order valence-electron chi connectivity index (χ2n) is 0.957. The molecule has 0 aliphatic rings. The maximum atomic E-state index is 3.44. The molecule has 0 N–H and O–H groups in total. The first-order valence-corrected chi connectivity index (χ1v) is 1.21. The third kappa shape index (κ3) is 327. The summed E-state index contributed by atoms with van der Waals surface area (Å²) in [7, 11) is 0. The SMILES string of the molecule is C=C([CH2-])C.[Cl-].[Ni+2]. The predicted octanol–water partition coefficient (Wildman–Crippen LogP) is -1.60. The Morgan fingerprint density at radius 1 is 1.67 bits per heavy atom. The zero-order valence-corrected chi connectivity index (χ0v) is 5.35. The summed E-state index contributed by atoms with van der Waals surface area (Å²) in [6.07, 6.45) is 0. The summed E-state index contributed by atoms with van der Waals surface area (Å²) in [6.45, 7) is 8.75. The Bertz CT molecular complexity index is 30.5. The van der Waals surface area contributed by atoms with Gasteiger partial charge in [0.05, 0.1) is 0 Å². The summed E-state index contributed by atoms with van der Waals surface area (Å²) >= 11 is 0. The van der Waals surface area contributed by atoms with Crippen LogP contribution in [-0.2, 0) is 16.5 Å². The van der Waals surface area contributed by atoms with Crippen molar-refractivity contribution in [3.05, 3.63) is 19.1 Å². The third-order valence-electron chi connectivity index (χ3n) is 0. The standard InChI is InChI=1S/C4H7.ClH.Ni/c1-4(2)3;;/h1-2H2,3H3;1H;/q-1;;+2/p-1. The first-order chi connectivity index (χ1) is 1.73. The molecule has 0 saturated heterocycles. The molecule has 0 aromatic rings. The van der Waals surface area contributed by atoms with Gasteiger partial charge in [0.1, 0.15) is 0 Å². The quantitative estimate of drug-likeness (QED) is 0.287. The van der Waals surface area contributed by atoms with E-state index >= 15 is 0 Å². The van der Waals surface area contributed by atoms with Crippen molar-refractivity contribution in [2.45, 2.75) is 6.92 Å². The van der Waals surface area contributed by atoms with E-state index in [2.05, 4.69) is 13.5 Å². The van der Waals surface area contributed by atoms with Crippen LogP contribution in [-0.4, -0.2) is 0 Å². The minimum absolute atomic E-state index is 0. The van der Waals surface area contributed by atoms with Crippen molar-refractivity contribution in [1.82, 2.24) is 0 Å². The Balaban J connectivity index is -0.0000000450. The smallest absolute Gasteiger partial charge is 1.00 e. The zero-order chi connectivity index (χ0) is 3.58. The fraction of sp³-hybridized carbons (Fsp3) is 0.250. The van der Waals surface area contributed by atoms with Crippen LogP contribution in [0.1, 0.15) is 6.92 Å². The van der Waals surface area contributed by atoms with Gasteiger partial charge >= 0.3 is 16.5 Å². The molecule has 0 aliphatic heterocycles. The molecule has 0 radical (unpaired) electrons. The van der Waals surface area contributed by atoms with E-state index in [1.807, 2.05) is 6.92 Å². The van der Waals surface area contributed by atoms with Crippen LogP contribution in [0, 0.1) is 6.92 Å². The first-order valence-electron chi connectivity index (χ1n) is 1.21. The van der Waals surface area contributed by atoms with Crippen LogP contribution < -0.4 is 12.4 Å². The van der Waals surface area contributed by atoms with E-state index < -0.39 is 0 Å². The molecule has 0 fully saturated rings. The monoisotopic (exact) mass is 148 g/mol. The number of hydrogen-bond acceptors (Lipinski definition) is 0. The fourth-order valence-electron chi connectivity index (χ4n) is 0. The Hall–Kier alpha value is 0.394. The van der Waals surface area contributed by atoms with E-state index in [0.717, 1.165) is 5.57 Å². The molecule has 0 nitrogen and oxygen atoms in total. The molecular formula is C4H7ClNi. The van der Waals surface area contributed by atoms with E-state index in [-0.39, 0.29) is 28.9 Å². The van der Waals surface area contributed by atoms with Gasteiger partial charge in [-0.25, -0.2) is 19.1 Å². The van der Waals surface area contributed by atoms with Gasteiger partial charge in [-0.1, -0.05) is 6.92 Å². The van der Waals surface area contributed by atoms with Gasteiger partial charge in [0.15, 0.2) is 0 Å². The minimum atomic E-state index is 0. The van der Waals surface area contributed by atoms with Crippen molar-refractivity contribution in [3.8, 4) is 0 Å². The molecule has 0 rings (SSSR count). The Kier molecular flexibility index (Phi) is 24.3. The van der Waals surface area contributed by atoms with Crippen LogP contribution in [0.5, 0.6) is 0 Å². The van der Waals surface area contributed by atoms with E-state index in [1.165, 1.54) is 0 Å². The van der Waals surface area contributed by atoms with E-state index in [4.69, 9.17) is 0 Å². The molecule has 0 spiro atoms. The largest absolute Gasteiger partial charge is 2.00 e. The van der Waals surface area contributed by atoms with Crippen LogP contribution in [0.25, 0.3) is 0 Å². The maximum absolute atomic E-state index is 3.44. The van der Waals surface area contributed by atoms with E-state index in [1.54, 1.807) is 0 Å². The molecule has 2 heteroatoms. The maximum Gasteiger partial charge on any atom is 2.00 e. The average Bonchev–Trinajstić information content (AvgIpc) is 0.811. The van der Waals surface area contributed by atoms with Crippen molar-refractivity contribution >= 4 is 0 Å². The topological polar surface area (TPSA) is 0 Å². The second kappa shape index (κ2) is 9.04. The van der Waals surface area contributed by atoms with Gasteiger partial charge in [0, 0.05) is 0 Å². The molecule has 0 saturated carbocycles. The van der Waals surface area contributed by atoms with Gasteiger partial charge in [-0.05, 0) is 0 Å². The van der Waals surface area contributed by atoms with E-state index in [9.17, 15) is 0 Å².